The summed E-state index contributed by atoms with van der Waals surface area (Å²) in [5.41, 5.74) is 2.20. The van der Waals surface area contributed by atoms with Crippen molar-refractivity contribution in [3.8, 4) is 0 Å². The van der Waals surface area contributed by atoms with Gasteiger partial charge >= 0.3 is 0 Å². The van der Waals surface area contributed by atoms with Gasteiger partial charge in [-0.3, -0.25) is 0 Å². The van der Waals surface area contributed by atoms with Crippen LogP contribution in [0.1, 0.15) is 6.92 Å². The maximum atomic E-state index is 9.29. The molecule has 2 aromatic heterocycles. The summed E-state index contributed by atoms with van der Waals surface area (Å²) in [4.78, 5) is 8.40. The number of hydrogen-bond acceptors (Lipinski definition) is 5. The van der Waals surface area contributed by atoms with Gasteiger partial charge in [0.1, 0.15) is 17.4 Å². The molecular formula is C13H13N3O2. The molecule has 0 saturated carbocycles. The summed E-state index contributed by atoms with van der Waals surface area (Å²) in [5, 5.41) is 13.3. The number of rotatable bonds is 3. The van der Waals surface area contributed by atoms with Crippen molar-refractivity contribution < 1.29 is 9.52 Å². The van der Waals surface area contributed by atoms with E-state index in [0.717, 1.165) is 16.5 Å². The third kappa shape index (κ3) is 1.78. The van der Waals surface area contributed by atoms with Gasteiger partial charge in [0.25, 0.3) is 0 Å². The molecule has 1 aromatic carbocycles. The molecule has 0 amide bonds. The Labute approximate surface area is 103 Å². The highest BCUT2D eigenvalue weighted by Crippen LogP contribution is 2.30. The predicted molar refractivity (Wildman–Crippen MR) is 69.5 cm³/mol. The van der Waals surface area contributed by atoms with E-state index in [1.54, 1.807) is 6.92 Å². The lowest BCUT2D eigenvalue weighted by atomic mass is 10.2. The molecular weight excluding hydrogens is 230 g/mol. The van der Waals surface area contributed by atoms with Gasteiger partial charge < -0.3 is 14.8 Å². The summed E-state index contributed by atoms with van der Waals surface area (Å²) >= 11 is 0. The molecule has 0 aliphatic carbocycles. The molecule has 2 N–H and O–H groups in total. The van der Waals surface area contributed by atoms with E-state index in [-0.39, 0.29) is 0 Å². The second-order valence-electron chi connectivity index (χ2n) is 4.23. The Hall–Kier alpha value is -2.14. The zero-order valence-electron chi connectivity index (χ0n) is 9.92. The molecule has 0 radical (unpaired) electrons. The first kappa shape index (κ1) is 11.0. The fourth-order valence-electron chi connectivity index (χ4n) is 1.89. The Kier molecular flexibility index (Phi) is 2.60. The molecule has 0 fully saturated rings. The molecule has 0 aliphatic rings. The lowest BCUT2D eigenvalue weighted by Crippen LogP contribution is -2.16. The van der Waals surface area contributed by atoms with Crippen molar-refractivity contribution in [2.75, 3.05) is 11.9 Å². The molecule has 0 unspecified atom stereocenters. The van der Waals surface area contributed by atoms with Crippen LogP contribution in [0.15, 0.2) is 35.0 Å². The summed E-state index contributed by atoms with van der Waals surface area (Å²) in [6.07, 6.45) is 1.05. The third-order valence-electron chi connectivity index (χ3n) is 2.72. The lowest BCUT2D eigenvalue weighted by Gasteiger charge is -2.06. The topological polar surface area (TPSA) is 71.2 Å². The van der Waals surface area contributed by atoms with E-state index in [1.807, 2.05) is 24.3 Å². The third-order valence-corrected chi connectivity index (χ3v) is 2.72. The molecule has 0 aliphatic heterocycles. The molecule has 18 heavy (non-hydrogen) atoms. The van der Waals surface area contributed by atoms with Crippen LogP contribution in [0, 0.1) is 0 Å². The summed E-state index contributed by atoms with van der Waals surface area (Å²) in [6, 6.07) is 7.73. The van der Waals surface area contributed by atoms with Crippen LogP contribution in [0.3, 0.4) is 0 Å². The molecule has 0 saturated heterocycles. The van der Waals surface area contributed by atoms with Crippen LogP contribution < -0.4 is 5.32 Å². The second-order valence-corrected chi connectivity index (χ2v) is 4.23. The van der Waals surface area contributed by atoms with Crippen LogP contribution in [0.25, 0.3) is 22.1 Å². The smallest absolute Gasteiger partial charge is 0.196 e. The van der Waals surface area contributed by atoms with Gasteiger partial charge in [-0.15, -0.1) is 0 Å². The molecule has 0 spiro atoms. The van der Waals surface area contributed by atoms with Gasteiger partial charge in [-0.05, 0) is 19.1 Å². The van der Waals surface area contributed by atoms with Crippen LogP contribution in [0.5, 0.6) is 0 Å². The number of furan rings is 1. The molecule has 3 aromatic rings. The predicted octanol–water partition coefficient (Wildman–Crippen LogP) is 2.17. The monoisotopic (exact) mass is 243 g/mol. The number of hydrogen-bond donors (Lipinski definition) is 2. The van der Waals surface area contributed by atoms with Crippen LogP contribution in [-0.4, -0.2) is 27.7 Å². The van der Waals surface area contributed by atoms with E-state index < -0.39 is 6.10 Å². The number of aliphatic hydroxyl groups excluding tert-OH is 1. The Bertz CT molecular complexity index is 691. The number of nitrogens with zero attached hydrogens (tertiary/aromatic N) is 2. The molecule has 5 heteroatoms. The van der Waals surface area contributed by atoms with Gasteiger partial charge in [0.15, 0.2) is 11.4 Å². The van der Waals surface area contributed by atoms with Gasteiger partial charge in [0, 0.05) is 11.9 Å². The van der Waals surface area contributed by atoms with Gasteiger partial charge in [0.05, 0.1) is 6.10 Å². The maximum absolute atomic E-state index is 9.29. The Morgan fingerprint density at radius 2 is 2.17 bits per heavy atom. The number of aromatic nitrogens is 2. The van der Waals surface area contributed by atoms with Crippen molar-refractivity contribution in [1.29, 1.82) is 0 Å². The number of benzene rings is 1. The Morgan fingerprint density at radius 3 is 3.00 bits per heavy atom. The molecule has 92 valence electrons. The van der Waals surface area contributed by atoms with Crippen molar-refractivity contribution >= 4 is 27.9 Å². The number of anilines is 1. The highest BCUT2D eigenvalue weighted by atomic mass is 16.3. The van der Waals surface area contributed by atoms with Crippen LogP contribution in [-0.2, 0) is 0 Å². The SMILES string of the molecule is C[C@@H](O)CNc1ncnc2c1oc1ccccc12. The van der Waals surface area contributed by atoms with Crippen molar-refractivity contribution in [3.05, 3.63) is 30.6 Å². The minimum absolute atomic E-state index is 0.420. The quantitative estimate of drug-likeness (QED) is 0.737. The van der Waals surface area contributed by atoms with Gasteiger partial charge in [0.2, 0.25) is 0 Å². The van der Waals surface area contributed by atoms with E-state index in [0.29, 0.717) is 17.9 Å². The minimum atomic E-state index is -0.445. The zero-order chi connectivity index (χ0) is 12.5. The first-order valence-electron chi connectivity index (χ1n) is 5.80. The summed E-state index contributed by atoms with van der Waals surface area (Å²) in [5.74, 6) is 0.608. The van der Waals surface area contributed by atoms with E-state index in [2.05, 4.69) is 15.3 Å². The number of para-hydroxylation sites is 1. The van der Waals surface area contributed by atoms with E-state index in [4.69, 9.17) is 4.42 Å². The highest BCUT2D eigenvalue weighted by molar-refractivity contribution is 6.05. The number of aliphatic hydroxyl groups is 1. The summed E-state index contributed by atoms with van der Waals surface area (Å²) < 4.78 is 5.75. The molecule has 0 bridgehead atoms. The highest BCUT2D eigenvalue weighted by Gasteiger charge is 2.12. The minimum Gasteiger partial charge on any atom is -0.450 e. The molecule has 1 atom stereocenters. The number of fused-ring (bicyclic) bond motifs is 3. The van der Waals surface area contributed by atoms with Gasteiger partial charge in [-0.2, -0.15) is 0 Å². The maximum Gasteiger partial charge on any atom is 0.196 e. The van der Waals surface area contributed by atoms with Crippen LogP contribution >= 0.6 is 0 Å². The standard InChI is InChI=1S/C13H13N3O2/c1-8(17)6-14-13-12-11(15-7-16-13)9-4-2-3-5-10(9)18-12/h2-5,7-8,17H,6H2,1H3,(H,14,15,16)/t8-/m1/s1. The largest absolute Gasteiger partial charge is 0.450 e. The van der Waals surface area contributed by atoms with Crippen LogP contribution in [0.4, 0.5) is 5.82 Å². The number of nitrogens with one attached hydrogen (secondary N) is 1. The van der Waals surface area contributed by atoms with Crippen molar-refractivity contribution in [1.82, 2.24) is 9.97 Å². The van der Waals surface area contributed by atoms with E-state index >= 15 is 0 Å². The Balaban J connectivity index is 2.15. The average molecular weight is 243 g/mol. The summed E-state index contributed by atoms with van der Waals surface area (Å²) in [7, 11) is 0. The normalized spacial score (nSPS) is 13.0. The first-order valence-corrected chi connectivity index (χ1v) is 5.80. The first-order chi connectivity index (χ1) is 8.75. The van der Waals surface area contributed by atoms with Gasteiger partial charge in [-0.1, -0.05) is 12.1 Å². The van der Waals surface area contributed by atoms with Crippen molar-refractivity contribution in [2.45, 2.75) is 13.0 Å². The van der Waals surface area contributed by atoms with Crippen molar-refractivity contribution in [2.24, 2.45) is 0 Å². The van der Waals surface area contributed by atoms with E-state index in [1.165, 1.54) is 6.33 Å². The fraction of sp³-hybridized carbons (Fsp3) is 0.231. The Morgan fingerprint density at radius 1 is 1.33 bits per heavy atom. The average Bonchev–Trinajstić information content (AvgIpc) is 2.75. The fourth-order valence-corrected chi connectivity index (χ4v) is 1.89. The van der Waals surface area contributed by atoms with E-state index in [9.17, 15) is 5.11 Å². The molecule has 3 rings (SSSR count). The van der Waals surface area contributed by atoms with Crippen molar-refractivity contribution in [3.63, 3.8) is 0 Å². The molecule has 5 nitrogen and oxygen atoms in total. The zero-order valence-corrected chi connectivity index (χ0v) is 9.92. The van der Waals surface area contributed by atoms with Crippen LogP contribution in [0.2, 0.25) is 0 Å². The molecule has 2 heterocycles. The summed E-state index contributed by atoms with van der Waals surface area (Å²) in [6.45, 7) is 2.13. The van der Waals surface area contributed by atoms with Gasteiger partial charge in [-0.25, -0.2) is 9.97 Å². The lowest BCUT2D eigenvalue weighted by molar-refractivity contribution is 0.208. The second kappa shape index (κ2) is 4.27.